The summed E-state index contributed by atoms with van der Waals surface area (Å²) >= 11 is 4.86. The van der Waals surface area contributed by atoms with Crippen molar-refractivity contribution in [1.29, 1.82) is 0 Å². The van der Waals surface area contributed by atoms with Gasteiger partial charge in [0.25, 0.3) is 0 Å². The Bertz CT molecular complexity index is 585. The van der Waals surface area contributed by atoms with Crippen LogP contribution in [-0.2, 0) is 10.0 Å². The molecule has 0 saturated heterocycles. The number of sulfonamides is 1. The van der Waals surface area contributed by atoms with Crippen LogP contribution >= 0.6 is 12.2 Å². The molecule has 0 aromatic heterocycles. The van der Waals surface area contributed by atoms with Gasteiger partial charge in [0, 0.05) is 0 Å². The first kappa shape index (κ1) is 16.0. The van der Waals surface area contributed by atoms with Gasteiger partial charge in [0.15, 0.2) is 0 Å². The molecular weight excluding hydrogens is 287 g/mol. The maximum Gasteiger partial charge on any atom is 0.241 e. The molecule has 0 saturated carbocycles. The lowest BCUT2D eigenvalue weighted by Crippen LogP contribution is -2.46. The van der Waals surface area contributed by atoms with E-state index in [0.717, 1.165) is 6.07 Å². The van der Waals surface area contributed by atoms with Gasteiger partial charge < -0.3 is 5.73 Å². The van der Waals surface area contributed by atoms with Crippen molar-refractivity contribution >= 4 is 27.2 Å². The molecule has 1 rings (SSSR count). The Hall–Kier alpha value is -1.05. The van der Waals surface area contributed by atoms with Crippen LogP contribution in [0.2, 0.25) is 0 Å². The normalized spacial score (nSPS) is 13.5. The van der Waals surface area contributed by atoms with Gasteiger partial charge in [-0.25, -0.2) is 17.5 Å². The minimum Gasteiger partial charge on any atom is -0.392 e. The highest BCUT2D eigenvalue weighted by Crippen LogP contribution is 2.17. The van der Waals surface area contributed by atoms with Gasteiger partial charge in [-0.1, -0.05) is 26.1 Å². The molecule has 19 heavy (non-hydrogen) atoms. The first-order valence-electron chi connectivity index (χ1n) is 5.73. The Balaban J connectivity index is 3.14. The second-order valence-corrected chi connectivity index (χ2v) is 6.81. The predicted molar refractivity (Wildman–Crippen MR) is 76.9 cm³/mol. The van der Waals surface area contributed by atoms with Gasteiger partial charge in [0.2, 0.25) is 10.0 Å². The minimum absolute atomic E-state index is 0.0239. The number of hydrogen-bond acceptors (Lipinski definition) is 3. The maximum absolute atomic E-state index is 13.0. The Morgan fingerprint density at radius 1 is 1.42 bits per heavy atom. The Labute approximate surface area is 118 Å². The third-order valence-electron chi connectivity index (χ3n) is 2.68. The summed E-state index contributed by atoms with van der Waals surface area (Å²) in [6.07, 6.45) is 0. The molecule has 0 aliphatic carbocycles. The van der Waals surface area contributed by atoms with E-state index in [1.165, 1.54) is 19.1 Å². The molecule has 1 atom stereocenters. The van der Waals surface area contributed by atoms with E-state index in [-0.39, 0.29) is 15.8 Å². The van der Waals surface area contributed by atoms with Gasteiger partial charge in [0.1, 0.15) is 5.82 Å². The summed E-state index contributed by atoms with van der Waals surface area (Å²) in [5, 5.41) is 0. The number of halogens is 1. The van der Waals surface area contributed by atoms with Gasteiger partial charge in [-0.05, 0) is 36.6 Å². The zero-order valence-electron chi connectivity index (χ0n) is 11.0. The molecule has 7 heteroatoms. The topological polar surface area (TPSA) is 72.2 Å². The molecule has 0 spiro atoms. The van der Waals surface area contributed by atoms with E-state index < -0.39 is 21.9 Å². The summed E-state index contributed by atoms with van der Waals surface area (Å²) in [5.41, 5.74) is 5.86. The minimum atomic E-state index is -3.78. The Morgan fingerprint density at radius 2 is 2.00 bits per heavy atom. The van der Waals surface area contributed by atoms with Crippen LogP contribution in [0.3, 0.4) is 0 Å². The Morgan fingerprint density at radius 3 is 2.42 bits per heavy atom. The van der Waals surface area contributed by atoms with Crippen LogP contribution in [0.5, 0.6) is 0 Å². The van der Waals surface area contributed by atoms with Crippen LogP contribution in [0.15, 0.2) is 23.1 Å². The summed E-state index contributed by atoms with van der Waals surface area (Å²) in [4.78, 5) is 0.106. The first-order valence-corrected chi connectivity index (χ1v) is 7.62. The van der Waals surface area contributed by atoms with Crippen LogP contribution < -0.4 is 10.5 Å². The number of hydrogen-bond donors (Lipinski definition) is 2. The van der Waals surface area contributed by atoms with Crippen LogP contribution in [0.1, 0.15) is 19.4 Å². The van der Waals surface area contributed by atoms with Crippen molar-refractivity contribution in [3.63, 3.8) is 0 Å². The summed E-state index contributed by atoms with van der Waals surface area (Å²) in [5.74, 6) is -0.556. The highest BCUT2D eigenvalue weighted by Gasteiger charge is 2.25. The molecule has 4 nitrogen and oxygen atoms in total. The molecule has 0 radical (unpaired) electrons. The van der Waals surface area contributed by atoms with E-state index in [4.69, 9.17) is 18.0 Å². The second-order valence-electron chi connectivity index (χ2n) is 4.66. The molecular formula is C12H17FN2O2S2. The molecule has 106 valence electrons. The lowest BCUT2D eigenvalue weighted by molar-refractivity contribution is 0.526. The number of thiocarbonyl (C=S) groups is 1. The van der Waals surface area contributed by atoms with E-state index in [0.29, 0.717) is 5.56 Å². The summed E-state index contributed by atoms with van der Waals surface area (Å²) < 4.78 is 39.9. The molecule has 1 aromatic carbocycles. The number of benzene rings is 1. The van der Waals surface area contributed by atoms with Crippen molar-refractivity contribution in [2.45, 2.75) is 31.7 Å². The smallest absolute Gasteiger partial charge is 0.241 e. The summed E-state index contributed by atoms with van der Waals surface area (Å²) in [6.45, 7) is 5.15. The Kier molecular flexibility index (Phi) is 5.00. The molecule has 0 aliphatic rings. The van der Waals surface area contributed by atoms with Crippen molar-refractivity contribution in [2.75, 3.05) is 0 Å². The maximum atomic E-state index is 13.0. The molecule has 3 N–H and O–H groups in total. The zero-order chi connectivity index (χ0) is 14.8. The van der Waals surface area contributed by atoms with Crippen LogP contribution in [0, 0.1) is 18.7 Å². The molecule has 0 heterocycles. The standard InChI is InChI=1S/C12H17FN2O2S2/c1-7(2)11(12(14)18)15-19(16,17)10-5-4-9(13)6-8(10)3/h4-7,11,15H,1-3H3,(H2,14,18). The number of aryl methyl sites for hydroxylation is 1. The van der Waals surface area contributed by atoms with Gasteiger partial charge in [-0.15, -0.1) is 0 Å². The monoisotopic (exact) mass is 304 g/mol. The van der Waals surface area contributed by atoms with E-state index in [2.05, 4.69) is 4.72 Å². The van der Waals surface area contributed by atoms with Crippen molar-refractivity contribution in [1.82, 2.24) is 4.72 Å². The average molecular weight is 304 g/mol. The average Bonchev–Trinajstić information content (AvgIpc) is 2.24. The van der Waals surface area contributed by atoms with Crippen LogP contribution in [0.4, 0.5) is 4.39 Å². The molecule has 0 amide bonds. The SMILES string of the molecule is Cc1cc(F)ccc1S(=O)(=O)NC(C(N)=S)C(C)C. The third-order valence-corrected chi connectivity index (χ3v) is 4.54. The van der Waals surface area contributed by atoms with Gasteiger partial charge in [-0.3, -0.25) is 0 Å². The van der Waals surface area contributed by atoms with Crippen molar-refractivity contribution in [3.05, 3.63) is 29.6 Å². The quantitative estimate of drug-likeness (QED) is 0.813. The highest BCUT2D eigenvalue weighted by atomic mass is 32.2. The fourth-order valence-electron chi connectivity index (χ4n) is 1.67. The number of rotatable bonds is 5. The summed E-state index contributed by atoms with van der Waals surface area (Å²) in [6, 6.07) is 2.86. The molecule has 0 fully saturated rings. The summed E-state index contributed by atoms with van der Waals surface area (Å²) in [7, 11) is -3.78. The van der Waals surface area contributed by atoms with Crippen molar-refractivity contribution in [3.8, 4) is 0 Å². The van der Waals surface area contributed by atoms with Crippen LogP contribution in [0.25, 0.3) is 0 Å². The fraction of sp³-hybridized carbons (Fsp3) is 0.417. The fourth-order valence-corrected chi connectivity index (χ4v) is 3.66. The van der Waals surface area contributed by atoms with Gasteiger partial charge in [0.05, 0.1) is 15.9 Å². The van der Waals surface area contributed by atoms with E-state index in [1.54, 1.807) is 0 Å². The number of nitrogens with one attached hydrogen (secondary N) is 1. The van der Waals surface area contributed by atoms with Gasteiger partial charge >= 0.3 is 0 Å². The third kappa shape index (κ3) is 3.95. The lowest BCUT2D eigenvalue weighted by Gasteiger charge is -2.21. The second kappa shape index (κ2) is 5.94. The molecule has 0 aliphatic heterocycles. The number of nitrogens with two attached hydrogens (primary N) is 1. The van der Waals surface area contributed by atoms with Crippen molar-refractivity contribution in [2.24, 2.45) is 11.7 Å². The molecule has 0 bridgehead atoms. The lowest BCUT2D eigenvalue weighted by atomic mass is 10.1. The largest absolute Gasteiger partial charge is 0.392 e. The molecule has 1 unspecified atom stereocenters. The van der Waals surface area contributed by atoms with Crippen LogP contribution in [-0.4, -0.2) is 19.4 Å². The first-order chi connectivity index (χ1) is 8.65. The van der Waals surface area contributed by atoms with Gasteiger partial charge in [-0.2, -0.15) is 0 Å². The van der Waals surface area contributed by atoms with Crippen molar-refractivity contribution < 1.29 is 12.8 Å². The predicted octanol–water partition coefficient (Wildman–Crippen LogP) is 1.72. The van der Waals surface area contributed by atoms with E-state index in [1.807, 2.05) is 13.8 Å². The highest BCUT2D eigenvalue weighted by molar-refractivity contribution is 7.89. The van der Waals surface area contributed by atoms with E-state index >= 15 is 0 Å². The molecule has 1 aromatic rings. The zero-order valence-corrected chi connectivity index (χ0v) is 12.6. The van der Waals surface area contributed by atoms with E-state index in [9.17, 15) is 12.8 Å².